The molecule has 0 spiro atoms. The summed E-state index contributed by atoms with van der Waals surface area (Å²) in [6.07, 6.45) is 4.32. The van der Waals surface area contributed by atoms with E-state index in [-0.39, 0.29) is 41.0 Å². The monoisotopic (exact) mass is 600 g/mol. The lowest BCUT2D eigenvalue weighted by Crippen LogP contribution is -2.64. The maximum atomic E-state index is 14.6. The number of likely N-dealkylation sites (tertiary alicyclic amines) is 2. The number of benzene rings is 1. The molecular weight excluding hydrogens is 540 g/mol. The summed E-state index contributed by atoms with van der Waals surface area (Å²) in [5.41, 5.74) is -0.0182. The van der Waals surface area contributed by atoms with Gasteiger partial charge in [-0.2, -0.15) is 0 Å². The lowest BCUT2D eigenvalue weighted by Gasteiger charge is -2.54. The minimum Gasteiger partial charge on any atom is -0.507 e. The van der Waals surface area contributed by atoms with Crippen LogP contribution in [0, 0.1) is 19.3 Å². The first kappa shape index (κ1) is 35.4. The van der Waals surface area contributed by atoms with Crippen LogP contribution in [-0.4, -0.2) is 75.3 Å². The van der Waals surface area contributed by atoms with Gasteiger partial charge < -0.3 is 14.6 Å². The van der Waals surface area contributed by atoms with Gasteiger partial charge in [0, 0.05) is 29.5 Å². The van der Waals surface area contributed by atoms with Crippen LogP contribution in [0.3, 0.4) is 0 Å². The molecule has 2 heterocycles. The summed E-state index contributed by atoms with van der Waals surface area (Å²) in [6, 6.07) is 3.76. The molecule has 1 N–H and O–H groups in total. The standard InChI is InChI=1S/C36H60N2O5/c1-14-15-17-36(21-26-19-24(2)29(39)25(3)20-26,30(40)42-27-22-33(6,7)37(12)34(8,9)23-27)31(41)43-28-16-18-32(4,5)38(13)35(28,10)11/h19-20,27-28,39H,14-18,21-23H2,1-13H3. The summed E-state index contributed by atoms with van der Waals surface area (Å²) >= 11 is 0. The second-order valence-electron chi connectivity index (χ2n) is 16.0. The normalized spacial score (nSPS) is 25.1. The quantitative estimate of drug-likeness (QED) is 0.239. The zero-order valence-corrected chi connectivity index (χ0v) is 29.4. The molecule has 0 saturated carbocycles. The van der Waals surface area contributed by atoms with Crippen molar-refractivity contribution >= 4 is 11.9 Å². The van der Waals surface area contributed by atoms with Crippen molar-refractivity contribution < 1.29 is 24.2 Å². The fourth-order valence-corrected chi connectivity index (χ4v) is 7.57. The smallest absolute Gasteiger partial charge is 0.324 e. The fraction of sp³-hybridized carbons (Fsp3) is 0.778. The van der Waals surface area contributed by atoms with Crippen LogP contribution in [0.15, 0.2) is 12.1 Å². The van der Waals surface area contributed by atoms with Gasteiger partial charge in [-0.25, -0.2) is 0 Å². The molecule has 1 aromatic rings. The summed E-state index contributed by atoms with van der Waals surface area (Å²) in [5, 5.41) is 10.5. The number of carbonyl (C=O) groups is 2. The Morgan fingerprint density at radius 2 is 1.40 bits per heavy atom. The van der Waals surface area contributed by atoms with Crippen LogP contribution in [0.2, 0.25) is 0 Å². The van der Waals surface area contributed by atoms with Gasteiger partial charge in [-0.15, -0.1) is 0 Å². The molecule has 244 valence electrons. The average Bonchev–Trinajstić information content (AvgIpc) is 2.88. The topological polar surface area (TPSA) is 79.3 Å². The Morgan fingerprint density at radius 1 is 0.884 bits per heavy atom. The van der Waals surface area contributed by atoms with Crippen molar-refractivity contribution in [2.75, 3.05) is 14.1 Å². The SMILES string of the molecule is CCCCC(Cc1cc(C)c(O)c(C)c1)(C(=O)OC1CC(C)(C)N(C)C(C)(C)C1)C(=O)OC1CCC(C)(C)N(C)C1(C)C. The van der Waals surface area contributed by atoms with E-state index in [0.29, 0.717) is 25.7 Å². The van der Waals surface area contributed by atoms with Crippen molar-refractivity contribution in [3.63, 3.8) is 0 Å². The summed E-state index contributed by atoms with van der Waals surface area (Å²) in [5.74, 6) is -0.747. The number of hydrogen-bond acceptors (Lipinski definition) is 7. The number of likely N-dealkylation sites (N-methyl/N-ethyl adjacent to an activating group) is 1. The molecule has 7 nitrogen and oxygen atoms in total. The molecule has 0 radical (unpaired) electrons. The first-order valence-corrected chi connectivity index (χ1v) is 16.3. The number of aryl methyl sites for hydroxylation is 2. The van der Waals surface area contributed by atoms with Gasteiger partial charge in [0.25, 0.3) is 0 Å². The van der Waals surface area contributed by atoms with E-state index >= 15 is 0 Å². The van der Waals surface area contributed by atoms with Gasteiger partial charge >= 0.3 is 11.9 Å². The van der Waals surface area contributed by atoms with Crippen LogP contribution in [0.5, 0.6) is 5.75 Å². The van der Waals surface area contributed by atoms with Crippen LogP contribution in [0.4, 0.5) is 0 Å². The van der Waals surface area contributed by atoms with Gasteiger partial charge in [-0.05, 0) is 126 Å². The van der Waals surface area contributed by atoms with Crippen molar-refractivity contribution in [3.8, 4) is 5.75 Å². The van der Waals surface area contributed by atoms with Crippen molar-refractivity contribution in [2.24, 2.45) is 5.41 Å². The predicted octanol–water partition coefficient (Wildman–Crippen LogP) is 7.12. The second kappa shape index (κ2) is 12.3. The van der Waals surface area contributed by atoms with Gasteiger partial charge in [-0.1, -0.05) is 31.9 Å². The number of phenols is 1. The molecule has 2 atom stereocenters. The number of ether oxygens (including phenoxy) is 2. The van der Waals surface area contributed by atoms with Gasteiger partial charge in [-0.3, -0.25) is 19.4 Å². The van der Waals surface area contributed by atoms with Gasteiger partial charge in [0.05, 0.1) is 5.54 Å². The zero-order chi connectivity index (χ0) is 32.8. The van der Waals surface area contributed by atoms with Crippen molar-refractivity contribution in [1.82, 2.24) is 9.80 Å². The van der Waals surface area contributed by atoms with E-state index < -0.39 is 22.9 Å². The number of aromatic hydroxyl groups is 1. The van der Waals surface area contributed by atoms with Crippen molar-refractivity contribution in [1.29, 1.82) is 0 Å². The maximum absolute atomic E-state index is 14.6. The number of esters is 2. The summed E-state index contributed by atoms with van der Waals surface area (Å²) in [4.78, 5) is 33.9. The Labute approximate surface area is 261 Å². The molecule has 2 aliphatic rings. The third-order valence-electron chi connectivity index (χ3n) is 11.2. The Morgan fingerprint density at radius 3 is 1.91 bits per heavy atom. The Bertz CT molecular complexity index is 1150. The predicted molar refractivity (Wildman–Crippen MR) is 173 cm³/mol. The largest absolute Gasteiger partial charge is 0.507 e. The lowest BCUT2D eigenvalue weighted by molar-refractivity contribution is -0.192. The van der Waals surface area contributed by atoms with E-state index in [0.717, 1.165) is 36.0 Å². The second-order valence-corrected chi connectivity index (χ2v) is 16.0. The zero-order valence-electron chi connectivity index (χ0n) is 29.4. The molecule has 2 aliphatic heterocycles. The minimum absolute atomic E-state index is 0.0283. The molecule has 0 aliphatic carbocycles. The van der Waals surface area contributed by atoms with Gasteiger partial charge in [0.2, 0.25) is 0 Å². The number of unbranched alkanes of at least 4 members (excludes halogenated alkanes) is 1. The molecule has 2 fully saturated rings. The van der Waals surface area contributed by atoms with Crippen LogP contribution in [0.25, 0.3) is 0 Å². The number of piperidine rings is 2. The molecule has 0 aromatic heterocycles. The van der Waals surface area contributed by atoms with E-state index in [4.69, 9.17) is 9.47 Å². The first-order chi connectivity index (χ1) is 19.6. The minimum atomic E-state index is -1.49. The summed E-state index contributed by atoms with van der Waals surface area (Å²) < 4.78 is 12.9. The molecule has 0 amide bonds. The molecule has 0 bridgehead atoms. The van der Waals surface area contributed by atoms with E-state index in [1.165, 1.54) is 0 Å². The van der Waals surface area contributed by atoms with E-state index in [9.17, 15) is 14.7 Å². The first-order valence-electron chi connectivity index (χ1n) is 16.3. The van der Waals surface area contributed by atoms with Crippen molar-refractivity contribution in [3.05, 3.63) is 28.8 Å². The molecule has 1 aromatic carbocycles. The lowest BCUT2D eigenvalue weighted by atomic mass is 9.75. The highest BCUT2D eigenvalue weighted by Gasteiger charge is 2.54. The van der Waals surface area contributed by atoms with Crippen LogP contribution >= 0.6 is 0 Å². The Kier molecular flexibility index (Phi) is 10.2. The van der Waals surface area contributed by atoms with E-state index in [2.05, 4.69) is 86.2 Å². The molecule has 43 heavy (non-hydrogen) atoms. The number of rotatable bonds is 9. The highest BCUT2D eigenvalue weighted by atomic mass is 16.6. The Balaban J connectivity index is 2.06. The average molecular weight is 601 g/mol. The highest BCUT2D eigenvalue weighted by Crippen LogP contribution is 2.43. The molecule has 2 unspecified atom stereocenters. The number of phenolic OH excluding ortho intramolecular Hbond substituents is 1. The highest BCUT2D eigenvalue weighted by molar-refractivity contribution is 6.00. The van der Waals surface area contributed by atoms with Crippen LogP contribution < -0.4 is 0 Å². The van der Waals surface area contributed by atoms with Crippen LogP contribution in [-0.2, 0) is 25.5 Å². The number of carbonyl (C=O) groups excluding carboxylic acids is 2. The number of nitrogens with zero attached hydrogens (tertiary/aromatic N) is 2. The van der Waals surface area contributed by atoms with Crippen LogP contribution in [0.1, 0.15) is 124 Å². The summed E-state index contributed by atoms with van der Waals surface area (Å²) in [6.45, 7) is 23.2. The van der Waals surface area contributed by atoms with Gasteiger partial charge in [0.1, 0.15) is 18.0 Å². The third kappa shape index (κ3) is 7.08. The fourth-order valence-electron chi connectivity index (χ4n) is 7.57. The molecule has 7 heteroatoms. The third-order valence-corrected chi connectivity index (χ3v) is 11.2. The van der Waals surface area contributed by atoms with E-state index in [1.54, 1.807) is 0 Å². The number of hydrogen-bond donors (Lipinski definition) is 1. The summed E-state index contributed by atoms with van der Waals surface area (Å²) in [7, 11) is 4.21. The molecular formula is C36H60N2O5. The van der Waals surface area contributed by atoms with Crippen molar-refractivity contribution in [2.45, 2.75) is 162 Å². The molecule has 3 rings (SSSR count). The Hall–Kier alpha value is -2.12. The molecule has 2 saturated heterocycles. The van der Waals surface area contributed by atoms with E-state index in [1.807, 2.05) is 26.0 Å². The maximum Gasteiger partial charge on any atom is 0.324 e. The van der Waals surface area contributed by atoms with Gasteiger partial charge in [0.15, 0.2) is 5.41 Å².